The Labute approximate surface area is 152 Å². The Morgan fingerprint density at radius 2 is 1.92 bits per heavy atom. The molecule has 1 atom stereocenters. The first-order valence-corrected chi connectivity index (χ1v) is 8.70. The number of aliphatic carboxylic acids is 1. The minimum absolute atomic E-state index is 0.0667. The first-order chi connectivity index (χ1) is 12.6. The molecule has 2 N–H and O–H groups in total. The molecule has 0 unspecified atom stereocenters. The molecule has 26 heavy (non-hydrogen) atoms. The van der Waals surface area contributed by atoms with Crippen LogP contribution in [0, 0.1) is 0 Å². The molecule has 7 nitrogen and oxygen atoms in total. The molecule has 0 fully saturated rings. The molecule has 0 spiro atoms. The lowest BCUT2D eigenvalue weighted by Crippen LogP contribution is -2.12. The normalized spacial score (nSPS) is 11.7. The van der Waals surface area contributed by atoms with Crippen LogP contribution in [0.4, 0.5) is 5.82 Å². The number of aryl methyl sites for hydroxylation is 1. The fourth-order valence-corrected chi connectivity index (χ4v) is 2.80. The molecule has 2 aromatic heterocycles. The van der Waals surface area contributed by atoms with Crippen LogP contribution in [0.3, 0.4) is 0 Å². The number of Topliss-reactive ketones (excluding diaryl/α,β-unsaturated/α-hetero) is 1. The summed E-state index contributed by atoms with van der Waals surface area (Å²) in [4.78, 5) is 35.6. The fourth-order valence-electron chi connectivity index (χ4n) is 2.80. The Balaban J connectivity index is 1.79. The first kappa shape index (κ1) is 19.5. The molecule has 0 aromatic carbocycles. The second kappa shape index (κ2) is 10.2. The van der Waals surface area contributed by atoms with E-state index in [2.05, 4.69) is 20.3 Å². The third-order valence-electron chi connectivity index (χ3n) is 4.15. The number of hydrogen-bond donors (Lipinski definition) is 2. The number of pyridine rings is 1. The van der Waals surface area contributed by atoms with Crippen LogP contribution in [-0.4, -0.2) is 38.9 Å². The van der Waals surface area contributed by atoms with Crippen molar-refractivity contribution in [1.29, 1.82) is 0 Å². The summed E-state index contributed by atoms with van der Waals surface area (Å²) in [6.45, 7) is 0. The number of ketones is 1. The number of aromatic nitrogens is 3. The van der Waals surface area contributed by atoms with E-state index < -0.39 is 5.97 Å². The molecule has 0 amide bonds. The van der Waals surface area contributed by atoms with E-state index in [1.54, 1.807) is 12.4 Å². The maximum atomic E-state index is 12.3. The van der Waals surface area contributed by atoms with Gasteiger partial charge in [0, 0.05) is 43.9 Å². The lowest BCUT2D eigenvalue weighted by Gasteiger charge is -2.13. The van der Waals surface area contributed by atoms with Crippen molar-refractivity contribution < 1.29 is 14.7 Å². The van der Waals surface area contributed by atoms with Crippen molar-refractivity contribution in [2.24, 2.45) is 0 Å². The number of carbonyl (C=O) groups is 2. The van der Waals surface area contributed by atoms with Crippen LogP contribution >= 0.6 is 0 Å². The minimum atomic E-state index is -0.929. The van der Waals surface area contributed by atoms with E-state index in [1.807, 2.05) is 25.2 Å². The van der Waals surface area contributed by atoms with Crippen LogP contribution in [-0.2, 0) is 16.0 Å². The molecule has 0 saturated carbocycles. The lowest BCUT2D eigenvalue weighted by molar-refractivity contribution is -0.137. The van der Waals surface area contributed by atoms with E-state index >= 15 is 0 Å². The van der Waals surface area contributed by atoms with E-state index in [0.29, 0.717) is 12.0 Å². The van der Waals surface area contributed by atoms with Gasteiger partial charge in [-0.25, -0.2) is 15.0 Å². The van der Waals surface area contributed by atoms with Gasteiger partial charge in [0.25, 0.3) is 0 Å². The highest BCUT2D eigenvalue weighted by atomic mass is 16.4. The van der Waals surface area contributed by atoms with Gasteiger partial charge in [0.05, 0.1) is 6.42 Å². The molecule has 7 heteroatoms. The van der Waals surface area contributed by atoms with Crippen molar-refractivity contribution in [3.05, 3.63) is 48.2 Å². The zero-order chi connectivity index (χ0) is 18.8. The topological polar surface area (TPSA) is 105 Å². The molecule has 0 saturated heterocycles. The molecule has 0 radical (unpaired) electrons. The summed E-state index contributed by atoms with van der Waals surface area (Å²) in [6.07, 6.45) is 7.53. The van der Waals surface area contributed by atoms with Gasteiger partial charge in [-0.15, -0.1) is 0 Å². The summed E-state index contributed by atoms with van der Waals surface area (Å²) in [5.41, 5.74) is 1.69. The predicted octanol–water partition coefficient (Wildman–Crippen LogP) is 2.84. The van der Waals surface area contributed by atoms with Crippen LogP contribution < -0.4 is 5.32 Å². The van der Waals surface area contributed by atoms with Gasteiger partial charge >= 0.3 is 5.97 Å². The third-order valence-corrected chi connectivity index (χ3v) is 4.15. The van der Waals surface area contributed by atoms with E-state index in [-0.39, 0.29) is 24.5 Å². The summed E-state index contributed by atoms with van der Waals surface area (Å²) < 4.78 is 0. The maximum absolute atomic E-state index is 12.3. The van der Waals surface area contributed by atoms with Gasteiger partial charge in [0.2, 0.25) is 0 Å². The Kier molecular flexibility index (Phi) is 7.67. The molecular weight excluding hydrogens is 332 g/mol. The Morgan fingerprint density at radius 3 is 2.62 bits per heavy atom. The summed E-state index contributed by atoms with van der Waals surface area (Å²) in [5.74, 6) is -0.408. The van der Waals surface area contributed by atoms with E-state index in [4.69, 9.17) is 5.11 Å². The van der Waals surface area contributed by atoms with Crippen molar-refractivity contribution >= 4 is 17.6 Å². The lowest BCUT2D eigenvalue weighted by atomic mass is 9.91. The number of rotatable bonds is 11. The second-order valence-corrected chi connectivity index (χ2v) is 6.18. The summed E-state index contributed by atoms with van der Waals surface area (Å²) in [7, 11) is 1.83. The average Bonchev–Trinajstić information content (AvgIpc) is 2.65. The van der Waals surface area contributed by atoms with Crippen LogP contribution in [0.2, 0.25) is 0 Å². The van der Waals surface area contributed by atoms with Gasteiger partial charge < -0.3 is 10.4 Å². The molecule has 2 aromatic rings. The third kappa shape index (κ3) is 6.58. The first-order valence-electron chi connectivity index (χ1n) is 8.70. The SMILES string of the molecule is CNc1cccc(CCCCC(=O)C[C@H](CC(=O)O)c2cncnc2)n1. The maximum Gasteiger partial charge on any atom is 0.303 e. The largest absolute Gasteiger partial charge is 0.481 e. The molecule has 0 bridgehead atoms. The minimum Gasteiger partial charge on any atom is -0.481 e. The van der Waals surface area contributed by atoms with Crippen molar-refractivity contribution in [1.82, 2.24) is 15.0 Å². The number of nitrogens with one attached hydrogen (secondary N) is 1. The van der Waals surface area contributed by atoms with Gasteiger partial charge in [-0.3, -0.25) is 9.59 Å². The quantitative estimate of drug-likeness (QED) is 0.596. The van der Waals surface area contributed by atoms with Crippen molar-refractivity contribution in [3.63, 3.8) is 0 Å². The van der Waals surface area contributed by atoms with Gasteiger partial charge in [0.1, 0.15) is 17.9 Å². The molecule has 0 aliphatic carbocycles. The Bertz CT molecular complexity index is 722. The fraction of sp³-hybridized carbons (Fsp3) is 0.421. The number of carboxylic acid groups (broad SMARTS) is 1. The van der Waals surface area contributed by atoms with Crippen LogP contribution in [0.1, 0.15) is 49.3 Å². The number of carboxylic acids is 1. The summed E-state index contributed by atoms with van der Waals surface area (Å²) in [6, 6.07) is 5.83. The molecule has 0 aliphatic rings. The van der Waals surface area contributed by atoms with Crippen LogP contribution in [0.25, 0.3) is 0 Å². The number of unbranched alkanes of at least 4 members (excludes halogenated alkanes) is 1. The van der Waals surface area contributed by atoms with Crippen molar-refractivity contribution in [2.45, 2.75) is 44.4 Å². The molecule has 138 valence electrons. The number of carbonyl (C=O) groups excluding carboxylic acids is 1. The Hall–Kier alpha value is -2.83. The summed E-state index contributed by atoms with van der Waals surface area (Å²) >= 11 is 0. The monoisotopic (exact) mass is 356 g/mol. The highest BCUT2D eigenvalue weighted by Crippen LogP contribution is 2.23. The van der Waals surface area contributed by atoms with Gasteiger partial charge in [-0.2, -0.15) is 0 Å². The average molecular weight is 356 g/mol. The van der Waals surface area contributed by atoms with Crippen LogP contribution in [0.5, 0.6) is 0 Å². The smallest absolute Gasteiger partial charge is 0.303 e. The van der Waals surface area contributed by atoms with Crippen LogP contribution in [0.15, 0.2) is 36.9 Å². The van der Waals surface area contributed by atoms with Gasteiger partial charge in [-0.05, 0) is 37.0 Å². The van der Waals surface area contributed by atoms with Gasteiger partial charge in [-0.1, -0.05) is 6.07 Å². The molecule has 2 rings (SSSR count). The number of anilines is 1. The summed E-state index contributed by atoms with van der Waals surface area (Å²) in [5, 5.41) is 12.1. The van der Waals surface area contributed by atoms with Gasteiger partial charge in [0.15, 0.2) is 0 Å². The highest BCUT2D eigenvalue weighted by Gasteiger charge is 2.19. The number of nitrogens with zero attached hydrogens (tertiary/aromatic N) is 3. The Morgan fingerprint density at radius 1 is 1.15 bits per heavy atom. The second-order valence-electron chi connectivity index (χ2n) is 6.18. The zero-order valence-electron chi connectivity index (χ0n) is 14.9. The van der Waals surface area contributed by atoms with Crippen molar-refractivity contribution in [2.75, 3.05) is 12.4 Å². The number of hydrogen-bond acceptors (Lipinski definition) is 6. The van der Waals surface area contributed by atoms with E-state index in [0.717, 1.165) is 30.8 Å². The van der Waals surface area contributed by atoms with E-state index in [1.165, 1.54) is 6.33 Å². The zero-order valence-corrected chi connectivity index (χ0v) is 14.9. The van der Waals surface area contributed by atoms with Crippen molar-refractivity contribution in [3.8, 4) is 0 Å². The standard InChI is InChI=1S/C19H24N4O3/c1-20-18-8-4-6-16(23-18)5-2-3-7-17(24)9-14(10-19(25)26)15-11-21-13-22-12-15/h4,6,8,11-14H,2-3,5,7,9-10H2,1H3,(H,20,23)(H,25,26)/t14-/m1/s1. The molecule has 0 aliphatic heterocycles. The highest BCUT2D eigenvalue weighted by molar-refractivity contribution is 5.80. The molecular formula is C19H24N4O3. The molecule has 2 heterocycles. The predicted molar refractivity (Wildman–Crippen MR) is 98.0 cm³/mol. The van der Waals surface area contributed by atoms with E-state index in [9.17, 15) is 9.59 Å².